The number of benzene rings is 1. The molecule has 4 saturated carbocycles. The summed E-state index contributed by atoms with van der Waals surface area (Å²) in [6.45, 7) is -0.224. The number of nitrogens with zero attached hydrogens (tertiary/aromatic N) is 1. The molecule has 4 fully saturated rings. The number of esters is 1. The highest BCUT2D eigenvalue weighted by Crippen LogP contribution is 2.55. The number of aromatic nitrogens is 1. The molecule has 1 amide bonds. The van der Waals surface area contributed by atoms with Crippen molar-refractivity contribution in [2.24, 2.45) is 17.8 Å². The number of hydrogen-bond donors (Lipinski definition) is 1. The van der Waals surface area contributed by atoms with Crippen LogP contribution in [-0.2, 0) is 14.3 Å². The van der Waals surface area contributed by atoms with Crippen molar-refractivity contribution in [2.45, 2.75) is 44.1 Å². The zero-order chi connectivity index (χ0) is 19.8. The summed E-state index contributed by atoms with van der Waals surface area (Å²) in [4.78, 5) is 28.9. The van der Waals surface area contributed by atoms with Gasteiger partial charge in [0.05, 0.1) is 5.52 Å². The molecule has 0 spiro atoms. The largest absolute Gasteiger partial charge is 0.452 e. The van der Waals surface area contributed by atoms with Crippen LogP contribution in [0.4, 0.5) is 0 Å². The van der Waals surface area contributed by atoms with Crippen LogP contribution in [0.5, 0.6) is 0 Å². The quantitative estimate of drug-likeness (QED) is 0.621. The lowest BCUT2D eigenvalue weighted by Crippen LogP contribution is -2.60. The smallest absolute Gasteiger partial charge is 0.331 e. The Morgan fingerprint density at radius 3 is 2.48 bits per heavy atom. The van der Waals surface area contributed by atoms with Gasteiger partial charge in [-0.1, -0.05) is 24.3 Å². The van der Waals surface area contributed by atoms with Gasteiger partial charge in [0.2, 0.25) is 0 Å². The van der Waals surface area contributed by atoms with Gasteiger partial charge >= 0.3 is 5.97 Å². The highest BCUT2D eigenvalue weighted by Gasteiger charge is 2.51. The number of pyridine rings is 1. The molecule has 4 aliphatic carbocycles. The number of amides is 1. The minimum absolute atomic E-state index is 0.0529. The van der Waals surface area contributed by atoms with Gasteiger partial charge in [0.15, 0.2) is 6.61 Å². The Balaban J connectivity index is 1.17. The van der Waals surface area contributed by atoms with Crippen LogP contribution in [0.2, 0.25) is 0 Å². The number of hydrogen-bond acceptors (Lipinski definition) is 4. The van der Waals surface area contributed by atoms with Gasteiger partial charge in [-0.15, -0.1) is 0 Å². The van der Waals surface area contributed by atoms with Crippen LogP contribution in [0, 0.1) is 17.8 Å². The Labute approximate surface area is 170 Å². The predicted molar refractivity (Wildman–Crippen MR) is 111 cm³/mol. The Kier molecular flexibility index (Phi) is 4.61. The molecule has 0 aliphatic heterocycles. The molecule has 29 heavy (non-hydrogen) atoms. The lowest BCUT2D eigenvalue weighted by Gasteiger charge is -2.56. The average molecular weight is 390 g/mol. The third-order valence-electron chi connectivity index (χ3n) is 6.85. The van der Waals surface area contributed by atoms with Gasteiger partial charge in [-0.2, -0.15) is 0 Å². The topological polar surface area (TPSA) is 68.3 Å². The van der Waals surface area contributed by atoms with Gasteiger partial charge in [0.25, 0.3) is 5.91 Å². The second-order valence-corrected chi connectivity index (χ2v) is 9.11. The Bertz CT molecular complexity index is 940. The zero-order valence-electron chi connectivity index (χ0n) is 16.5. The predicted octanol–water partition coefficient (Wildman–Crippen LogP) is 3.88. The highest BCUT2D eigenvalue weighted by atomic mass is 16.5. The van der Waals surface area contributed by atoms with Crippen molar-refractivity contribution in [1.82, 2.24) is 10.3 Å². The van der Waals surface area contributed by atoms with Crippen molar-refractivity contribution >= 4 is 28.9 Å². The molecular formula is C24H26N2O3. The van der Waals surface area contributed by atoms with Crippen LogP contribution < -0.4 is 5.32 Å². The number of rotatable bonds is 5. The van der Waals surface area contributed by atoms with Gasteiger partial charge in [0.1, 0.15) is 0 Å². The van der Waals surface area contributed by atoms with Gasteiger partial charge in [0, 0.05) is 28.8 Å². The van der Waals surface area contributed by atoms with Gasteiger partial charge in [-0.25, -0.2) is 4.79 Å². The van der Waals surface area contributed by atoms with Gasteiger partial charge < -0.3 is 10.1 Å². The maximum absolute atomic E-state index is 12.5. The summed E-state index contributed by atoms with van der Waals surface area (Å²) >= 11 is 0. The lowest BCUT2D eigenvalue weighted by molar-refractivity contribution is -0.145. The molecule has 6 rings (SSSR count). The van der Waals surface area contributed by atoms with Gasteiger partial charge in [-0.05, 0) is 68.4 Å². The van der Waals surface area contributed by atoms with E-state index in [0.717, 1.165) is 53.5 Å². The molecule has 2 aromatic rings. The Morgan fingerprint density at radius 1 is 1.07 bits per heavy atom. The SMILES string of the molecule is O=C(COC(=O)/C=C/c1cccc2cccnc12)NC12CC3CC(CC(C3)C1)C2. The summed E-state index contributed by atoms with van der Waals surface area (Å²) < 4.78 is 5.19. The fraction of sp³-hybridized carbons (Fsp3) is 0.458. The van der Waals surface area contributed by atoms with E-state index in [9.17, 15) is 9.59 Å². The summed E-state index contributed by atoms with van der Waals surface area (Å²) in [6, 6.07) is 9.67. The summed E-state index contributed by atoms with van der Waals surface area (Å²) in [5, 5.41) is 4.24. The molecule has 4 bridgehead atoms. The third kappa shape index (κ3) is 3.78. The molecule has 1 aromatic heterocycles. The number of para-hydroxylation sites is 1. The molecule has 0 unspecified atom stereocenters. The molecular weight excluding hydrogens is 364 g/mol. The number of nitrogens with one attached hydrogen (secondary N) is 1. The van der Waals surface area contributed by atoms with Gasteiger partial charge in [-0.3, -0.25) is 9.78 Å². The molecule has 0 saturated heterocycles. The maximum atomic E-state index is 12.5. The van der Waals surface area contributed by atoms with Crippen LogP contribution in [0.25, 0.3) is 17.0 Å². The van der Waals surface area contributed by atoms with E-state index in [4.69, 9.17) is 4.74 Å². The molecule has 1 aromatic carbocycles. The molecule has 0 radical (unpaired) electrons. The number of fused-ring (bicyclic) bond motifs is 1. The van der Waals surface area contributed by atoms with Crippen molar-refractivity contribution in [3.63, 3.8) is 0 Å². The molecule has 150 valence electrons. The summed E-state index contributed by atoms with van der Waals surface area (Å²) in [6.07, 6.45) is 12.0. The van der Waals surface area contributed by atoms with E-state index in [2.05, 4.69) is 10.3 Å². The first-order valence-corrected chi connectivity index (χ1v) is 10.6. The van der Waals surface area contributed by atoms with Crippen molar-refractivity contribution in [1.29, 1.82) is 0 Å². The van der Waals surface area contributed by atoms with E-state index in [1.54, 1.807) is 12.3 Å². The van der Waals surface area contributed by atoms with Crippen LogP contribution >= 0.6 is 0 Å². The van der Waals surface area contributed by atoms with Crippen molar-refractivity contribution in [2.75, 3.05) is 6.61 Å². The molecule has 4 aliphatic rings. The van der Waals surface area contributed by atoms with Crippen molar-refractivity contribution in [3.05, 3.63) is 48.2 Å². The second-order valence-electron chi connectivity index (χ2n) is 9.11. The fourth-order valence-corrected chi connectivity index (χ4v) is 6.20. The Morgan fingerprint density at radius 2 is 1.76 bits per heavy atom. The third-order valence-corrected chi connectivity index (χ3v) is 6.85. The van der Waals surface area contributed by atoms with Crippen LogP contribution in [0.15, 0.2) is 42.6 Å². The van der Waals surface area contributed by atoms with Crippen molar-refractivity contribution < 1.29 is 14.3 Å². The van der Waals surface area contributed by atoms with E-state index in [0.29, 0.717) is 0 Å². The van der Waals surface area contributed by atoms with Crippen LogP contribution in [0.3, 0.4) is 0 Å². The summed E-state index contributed by atoms with van der Waals surface area (Å²) in [5.41, 5.74) is 1.62. The maximum Gasteiger partial charge on any atom is 0.331 e. The van der Waals surface area contributed by atoms with E-state index in [1.165, 1.54) is 25.3 Å². The van der Waals surface area contributed by atoms with Crippen LogP contribution in [-0.4, -0.2) is 29.0 Å². The number of ether oxygens (including phenoxy) is 1. The molecule has 1 N–H and O–H groups in total. The minimum Gasteiger partial charge on any atom is -0.452 e. The summed E-state index contributed by atoms with van der Waals surface area (Å²) in [5.74, 6) is 1.60. The van der Waals surface area contributed by atoms with Crippen molar-refractivity contribution in [3.8, 4) is 0 Å². The highest BCUT2D eigenvalue weighted by molar-refractivity contribution is 5.93. The fourth-order valence-electron chi connectivity index (χ4n) is 6.20. The number of carbonyl (C=O) groups is 2. The van der Waals surface area contributed by atoms with E-state index in [-0.39, 0.29) is 18.1 Å². The molecule has 0 atom stereocenters. The standard InChI is InChI=1S/C24H26N2O3/c27-21(26-24-12-16-9-17(13-24)11-18(10-16)14-24)15-29-22(28)7-6-20-4-1-3-19-5-2-8-25-23(19)20/h1-8,16-18H,9-15H2,(H,26,27)/b7-6+. The zero-order valence-corrected chi connectivity index (χ0v) is 16.5. The molecule has 1 heterocycles. The monoisotopic (exact) mass is 390 g/mol. The van der Waals surface area contributed by atoms with E-state index in [1.807, 2.05) is 30.3 Å². The Hall–Kier alpha value is -2.69. The lowest BCUT2D eigenvalue weighted by atomic mass is 9.53. The first-order valence-electron chi connectivity index (χ1n) is 10.6. The van der Waals surface area contributed by atoms with E-state index >= 15 is 0 Å². The average Bonchev–Trinajstić information content (AvgIpc) is 2.69. The number of carbonyl (C=O) groups excluding carboxylic acids is 2. The van der Waals surface area contributed by atoms with E-state index < -0.39 is 5.97 Å². The minimum atomic E-state index is -0.515. The molecule has 5 nitrogen and oxygen atoms in total. The second kappa shape index (κ2) is 7.29. The first kappa shape index (κ1) is 18.3. The normalized spacial score (nSPS) is 30.0. The first-order chi connectivity index (χ1) is 14.1. The summed E-state index contributed by atoms with van der Waals surface area (Å²) in [7, 11) is 0. The molecule has 5 heteroatoms. The van der Waals surface area contributed by atoms with Crippen LogP contribution in [0.1, 0.15) is 44.1 Å².